The maximum Gasteiger partial charge on any atom is 0.172 e. The molecule has 1 aromatic rings. The predicted molar refractivity (Wildman–Crippen MR) is 83.3 cm³/mol. The van der Waals surface area contributed by atoms with Gasteiger partial charge in [0.1, 0.15) is 0 Å². The van der Waals surface area contributed by atoms with Crippen molar-refractivity contribution >= 4 is 54.6 Å². The van der Waals surface area contributed by atoms with Crippen molar-refractivity contribution in [1.82, 2.24) is 0 Å². The quantitative estimate of drug-likeness (QED) is 0.388. The molecule has 0 bridgehead atoms. The lowest BCUT2D eigenvalue weighted by atomic mass is 10.1. The lowest BCUT2D eigenvalue weighted by Crippen LogP contribution is -1.99. The molecule has 1 unspecified atom stereocenters. The monoisotopic (exact) mass is 350 g/mol. The van der Waals surface area contributed by atoms with E-state index in [0.29, 0.717) is 12.2 Å². The number of hydrogen-bond acceptors (Lipinski definition) is 4. The van der Waals surface area contributed by atoms with Gasteiger partial charge in [0.15, 0.2) is 5.78 Å². The van der Waals surface area contributed by atoms with E-state index in [-0.39, 0.29) is 0 Å². The van der Waals surface area contributed by atoms with Crippen LogP contribution >= 0.6 is 48.9 Å². The molecule has 17 heavy (non-hydrogen) atoms. The molecule has 0 aliphatic carbocycles. The van der Waals surface area contributed by atoms with Crippen molar-refractivity contribution in [2.45, 2.75) is 37.4 Å². The molecule has 0 amide bonds. The van der Waals surface area contributed by atoms with Crippen molar-refractivity contribution in [2.24, 2.45) is 0 Å². The Morgan fingerprint density at radius 2 is 2.29 bits per heavy atom. The lowest BCUT2D eigenvalue weighted by molar-refractivity contribution is 0.0983. The minimum absolute atomic E-state index is 0.300. The number of Topliss-reactive ketones (excluding diaryl/α,β-unsaturated/α-hetero) is 1. The molecule has 1 atom stereocenters. The standard InChI is InChI=1S/C12H15BrOS3/c13-12-6-5-11(16-12)10(14)4-2-1-3-9-7-8-15-17-9/h5-6,9H,1-4,7-8H2. The zero-order valence-electron chi connectivity index (χ0n) is 9.49. The first-order valence-electron chi connectivity index (χ1n) is 5.82. The van der Waals surface area contributed by atoms with Crippen molar-refractivity contribution in [2.75, 3.05) is 5.75 Å². The van der Waals surface area contributed by atoms with E-state index < -0.39 is 0 Å². The van der Waals surface area contributed by atoms with E-state index in [1.54, 1.807) is 0 Å². The molecule has 2 rings (SSSR count). The molecular weight excluding hydrogens is 336 g/mol. The second-order valence-electron chi connectivity index (χ2n) is 4.10. The normalized spacial score (nSPS) is 19.7. The average molecular weight is 351 g/mol. The van der Waals surface area contributed by atoms with E-state index in [0.717, 1.165) is 20.3 Å². The molecule has 0 N–H and O–H groups in total. The Bertz CT molecular complexity index is 372. The Kier molecular flexibility index (Phi) is 5.93. The number of thiophene rings is 1. The van der Waals surface area contributed by atoms with Crippen LogP contribution in [0.2, 0.25) is 0 Å². The zero-order valence-corrected chi connectivity index (χ0v) is 13.5. The van der Waals surface area contributed by atoms with E-state index in [4.69, 9.17) is 0 Å². The number of carbonyl (C=O) groups is 1. The minimum Gasteiger partial charge on any atom is -0.293 e. The maximum atomic E-state index is 11.8. The van der Waals surface area contributed by atoms with Crippen molar-refractivity contribution < 1.29 is 4.79 Å². The van der Waals surface area contributed by atoms with Crippen LogP contribution in [0.1, 0.15) is 41.8 Å². The Morgan fingerprint density at radius 1 is 1.41 bits per heavy atom. The number of unbranched alkanes of at least 4 members (excludes halogenated alkanes) is 1. The SMILES string of the molecule is O=C(CCCCC1CCSS1)c1ccc(Br)s1. The highest BCUT2D eigenvalue weighted by molar-refractivity contribution is 9.11. The predicted octanol–water partition coefficient (Wildman–Crippen LogP) is 5.41. The summed E-state index contributed by atoms with van der Waals surface area (Å²) in [4.78, 5) is 12.7. The van der Waals surface area contributed by atoms with Crippen LogP contribution in [0.4, 0.5) is 0 Å². The van der Waals surface area contributed by atoms with Crippen LogP contribution in [-0.4, -0.2) is 16.8 Å². The zero-order chi connectivity index (χ0) is 12.1. The van der Waals surface area contributed by atoms with Crippen LogP contribution in [0.3, 0.4) is 0 Å². The Morgan fingerprint density at radius 3 is 2.94 bits per heavy atom. The fourth-order valence-corrected chi connectivity index (χ4v) is 6.19. The highest BCUT2D eigenvalue weighted by Gasteiger charge is 2.16. The second kappa shape index (κ2) is 7.22. The van der Waals surface area contributed by atoms with Gasteiger partial charge in [-0.25, -0.2) is 0 Å². The number of hydrogen-bond donors (Lipinski definition) is 0. The smallest absolute Gasteiger partial charge is 0.172 e. The van der Waals surface area contributed by atoms with E-state index in [2.05, 4.69) is 15.9 Å². The average Bonchev–Trinajstić information content (AvgIpc) is 2.95. The molecule has 1 fully saturated rings. The molecule has 1 nitrogen and oxygen atoms in total. The maximum absolute atomic E-state index is 11.8. The third kappa shape index (κ3) is 4.62. The number of carbonyl (C=O) groups excluding carboxylic acids is 1. The highest BCUT2D eigenvalue weighted by atomic mass is 79.9. The molecule has 94 valence electrons. The van der Waals surface area contributed by atoms with E-state index in [9.17, 15) is 4.79 Å². The molecule has 0 aromatic carbocycles. The Balaban J connectivity index is 1.63. The van der Waals surface area contributed by atoms with Crippen LogP contribution in [0.5, 0.6) is 0 Å². The summed E-state index contributed by atoms with van der Waals surface area (Å²) < 4.78 is 1.04. The molecule has 1 aliphatic rings. The van der Waals surface area contributed by atoms with Gasteiger partial charge in [-0.15, -0.1) is 11.3 Å². The van der Waals surface area contributed by atoms with Crippen LogP contribution in [0.15, 0.2) is 15.9 Å². The summed E-state index contributed by atoms with van der Waals surface area (Å²) >= 11 is 4.93. The van der Waals surface area contributed by atoms with Gasteiger partial charge in [0.2, 0.25) is 0 Å². The van der Waals surface area contributed by atoms with Crippen LogP contribution in [-0.2, 0) is 0 Å². The fourth-order valence-electron chi connectivity index (χ4n) is 1.81. The summed E-state index contributed by atoms with van der Waals surface area (Å²) in [6.45, 7) is 0. The first-order valence-corrected chi connectivity index (χ1v) is 9.81. The van der Waals surface area contributed by atoms with Gasteiger partial charge < -0.3 is 0 Å². The van der Waals surface area contributed by atoms with Crippen molar-refractivity contribution in [3.05, 3.63) is 20.8 Å². The molecule has 5 heteroatoms. The summed E-state index contributed by atoms with van der Waals surface area (Å²) in [5.74, 6) is 1.60. The van der Waals surface area contributed by atoms with Crippen LogP contribution in [0, 0.1) is 0 Å². The Labute approximate surface area is 123 Å². The van der Waals surface area contributed by atoms with Gasteiger partial charge in [0, 0.05) is 17.4 Å². The van der Waals surface area contributed by atoms with Crippen molar-refractivity contribution in [3.63, 3.8) is 0 Å². The molecular formula is C12H15BrOS3. The molecule has 1 saturated heterocycles. The van der Waals surface area contributed by atoms with Gasteiger partial charge >= 0.3 is 0 Å². The first kappa shape index (κ1) is 14.0. The first-order chi connectivity index (χ1) is 8.25. The lowest BCUT2D eigenvalue weighted by Gasteiger charge is -2.05. The summed E-state index contributed by atoms with van der Waals surface area (Å²) in [6, 6.07) is 3.87. The van der Waals surface area contributed by atoms with Crippen LogP contribution in [0.25, 0.3) is 0 Å². The van der Waals surface area contributed by atoms with E-state index in [1.165, 1.54) is 36.4 Å². The number of ketones is 1. The molecule has 0 saturated carbocycles. The molecule has 2 heterocycles. The highest BCUT2D eigenvalue weighted by Crippen LogP contribution is 2.39. The third-order valence-electron chi connectivity index (χ3n) is 2.76. The van der Waals surface area contributed by atoms with Gasteiger partial charge in [-0.1, -0.05) is 28.0 Å². The minimum atomic E-state index is 0.300. The van der Waals surface area contributed by atoms with Gasteiger partial charge in [-0.05, 0) is 47.3 Å². The second-order valence-corrected chi connectivity index (χ2v) is 9.35. The fraction of sp³-hybridized carbons (Fsp3) is 0.583. The third-order valence-corrected chi connectivity index (χ3v) is 7.43. The Hall–Kier alpha value is 0.550. The molecule has 0 spiro atoms. The summed E-state index contributed by atoms with van der Waals surface area (Å²) in [5.41, 5.74) is 0. The van der Waals surface area contributed by atoms with Crippen molar-refractivity contribution in [3.8, 4) is 0 Å². The molecule has 0 radical (unpaired) electrons. The van der Waals surface area contributed by atoms with Gasteiger partial charge in [-0.2, -0.15) is 0 Å². The van der Waals surface area contributed by atoms with Crippen LogP contribution < -0.4 is 0 Å². The van der Waals surface area contributed by atoms with E-state index in [1.807, 2.05) is 33.7 Å². The summed E-state index contributed by atoms with van der Waals surface area (Å²) in [5, 5.41) is 0.839. The molecule has 1 aliphatic heterocycles. The van der Waals surface area contributed by atoms with Gasteiger partial charge in [0.25, 0.3) is 0 Å². The van der Waals surface area contributed by atoms with Crippen molar-refractivity contribution in [1.29, 1.82) is 0 Å². The summed E-state index contributed by atoms with van der Waals surface area (Å²) in [6.07, 6.45) is 5.56. The van der Waals surface area contributed by atoms with Gasteiger partial charge in [0.05, 0.1) is 8.66 Å². The number of rotatable bonds is 6. The van der Waals surface area contributed by atoms with Gasteiger partial charge in [-0.3, -0.25) is 4.79 Å². The number of halogens is 1. The topological polar surface area (TPSA) is 17.1 Å². The largest absolute Gasteiger partial charge is 0.293 e. The summed E-state index contributed by atoms with van der Waals surface area (Å²) in [7, 11) is 4.02. The molecule has 1 aromatic heterocycles. The van der Waals surface area contributed by atoms with E-state index >= 15 is 0 Å².